The molecule has 1 atom stereocenters. The molecule has 0 aromatic heterocycles. The van der Waals surface area contributed by atoms with Crippen LogP contribution in [0.1, 0.15) is 6.92 Å². The fourth-order valence-electron chi connectivity index (χ4n) is 0.158. The van der Waals surface area contributed by atoms with Crippen molar-refractivity contribution >= 4 is 29.7 Å². The summed E-state index contributed by atoms with van der Waals surface area (Å²) < 4.78 is 4.41. The largest absolute Gasteiger partial charge is 1.00 e. The summed E-state index contributed by atoms with van der Waals surface area (Å²) >= 11 is 8.46. The van der Waals surface area contributed by atoms with E-state index in [4.69, 9.17) is 0 Å². The van der Waals surface area contributed by atoms with E-state index < -0.39 is 5.69 Å². The van der Waals surface area contributed by atoms with E-state index in [0.29, 0.717) is 6.61 Å². The second-order valence-corrected chi connectivity index (χ2v) is 5.60. The molecule has 0 amide bonds. The zero-order chi connectivity index (χ0) is 5.91. The summed E-state index contributed by atoms with van der Waals surface area (Å²) in [4.78, 5) is 10.2. The van der Waals surface area contributed by atoms with Gasteiger partial charge in [-0.15, -0.1) is 17.5 Å². The van der Waals surface area contributed by atoms with Crippen LogP contribution in [0.2, 0.25) is 0 Å². The smallest absolute Gasteiger partial charge is 0.819 e. The van der Waals surface area contributed by atoms with Gasteiger partial charge in [0.15, 0.2) is 0 Å². The van der Waals surface area contributed by atoms with E-state index in [0.717, 1.165) is 0 Å². The molecule has 0 bridgehead atoms. The third kappa shape index (κ3) is 18.1. The molecule has 44 valence electrons. The van der Waals surface area contributed by atoms with E-state index in [1.54, 1.807) is 6.92 Å². The van der Waals surface area contributed by atoms with Crippen LogP contribution in [0, 0.1) is 0 Å². The normalized spacial score (nSPS) is 14.6. The second-order valence-electron chi connectivity index (χ2n) is 0.865. The van der Waals surface area contributed by atoms with Gasteiger partial charge in [-0.2, -0.15) is 0 Å². The van der Waals surface area contributed by atoms with Crippen molar-refractivity contribution in [1.82, 2.24) is 0 Å². The Morgan fingerprint density at radius 2 is 2.00 bits per heavy atom. The molecule has 0 rings (SSSR count). The molecule has 0 fully saturated rings. The minimum atomic E-state index is -3.00. The molecule has 0 aromatic carbocycles. The Hall–Kier alpha value is 2.92. The molecule has 7 heteroatoms. The maximum atomic E-state index is 10.2. The van der Waals surface area contributed by atoms with Crippen LogP contribution >= 0.6 is 5.69 Å². The van der Waals surface area contributed by atoms with Gasteiger partial charge in [0, 0.05) is 6.61 Å². The molecule has 0 aliphatic heterocycles. The average molecular weight is 202 g/mol. The molecule has 0 radical (unpaired) electrons. The van der Waals surface area contributed by atoms with Crippen LogP contribution in [0.5, 0.6) is 0 Å². The van der Waals surface area contributed by atoms with E-state index in [1.807, 2.05) is 0 Å². The molecular formula is C2H5Na2O2PS2. The third-order valence-electron chi connectivity index (χ3n) is 0.287. The van der Waals surface area contributed by atoms with Crippen LogP contribution in [0.25, 0.3) is 0 Å². The Morgan fingerprint density at radius 3 is 2.00 bits per heavy atom. The first kappa shape index (κ1) is 17.9. The molecule has 0 N–H and O–H groups in total. The predicted molar refractivity (Wildman–Crippen MR) is 33.3 cm³/mol. The maximum absolute atomic E-state index is 10.2. The minimum absolute atomic E-state index is 0. The Kier molecular flexibility index (Phi) is 17.9. The summed E-state index contributed by atoms with van der Waals surface area (Å²) in [6.07, 6.45) is 0. The first-order chi connectivity index (χ1) is 3.06. The molecular weight excluding hydrogens is 197 g/mol. The second kappa shape index (κ2) is 9.01. The van der Waals surface area contributed by atoms with Crippen molar-refractivity contribution in [2.75, 3.05) is 6.61 Å². The van der Waals surface area contributed by atoms with E-state index in [-0.39, 0.29) is 59.1 Å². The summed E-state index contributed by atoms with van der Waals surface area (Å²) in [6.45, 7) is 2.04. The number of rotatable bonds is 2. The molecule has 0 aliphatic rings. The quantitative estimate of drug-likeness (QED) is 0.254. The van der Waals surface area contributed by atoms with Crippen molar-refractivity contribution in [3.63, 3.8) is 0 Å². The summed E-state index contributed by atoms with van der Waals surface area (Å²) in [7, 11) is 0. The zero-order valence-corrected chi connectivity index (χ0v) is 12.3. The fraction of sp³-hybridized carbons (Fsp3) is 1.00. The van der Waals surface area contributed by atoms with Crippen LogP contribution in [-0.2, 0) is 28.6 Å². The zero-order valence-electron chi connectivity index (χ0n) is 5.79. The van der Waals surface area contributed by atoms with Gasteiger partial charge in [0.05, 0.1) is 0 Å². The van der Waals surface area contributed by atoms with Gasteiger partial charge in [0.2, 0.25) is 0 Å². The first-order valence-electron chi connectivity index (χ1n) is 1.73. The van der Waals surface area contributed by atoms with Gasteiger partial charge < -0.3 is 21.7 Å². The fourth-order valence-corrected chi connectivity index (χ4v) is 1.11. The van der Waals surface area contributed by atoms with Crippen molar-refractivity contribution in [2.45, 2.75) is 6.92 Å². The summed E-state index contributed by atoms with van der Waals surface area (Å²) in [6, 6.07) is 0. The minimum Gasteiger partial charge on any atom is -0.819 e. The third-order valence-corrected chi connectivity index (χ3v) is 1.49. The topological polar surface area (TPSA) is 32.3 Å². The standard InChI is InChI=1S/C2H7O2PS2.2Na/c1-2-4-5(3,6)7;;/h2H2,1H3,(H2,3,6,7);;/q;2*+1/p-2. The van der Waals surface area contributed by atoms with Crippen LogP contribution in [-0.4, -0.2) is 6.61 Å². The molecule has 0 heterocycles. The monoisotopic (exact) mass is 202 g/mol. The van der Waals surface area contributed by atoms with Gasteiger partial charge >= 0.3 is 59.1 Å². The van der Waals surface area contributed by atoms with Gasteiger partial charge in [-0.3, -0.25) is 0 Å². The van der Waals surface area contributed by atoms with E-state index in [2.05, 4.69) is 28.6 Å². The van der Waals surface area contributed by atoms with Crippen molar-refractivity contribution in [2.24, 2.45) is 0 Å². The van der Waals surface area contributed by atoms with Crippen molar-refractivity contribution in [3.8, 4) is 0 Å². The van der Waals surface area contributed by atoms with E-state index >= 15 is 0 Å². The summed E-state index contributed by atoms with van der Waals surface area (Å²) in [5.41, 5.74) is -3.00. The molecule has 0 aliphatic carbocycles. The van der Waals surface area contributed by atoms with Gasteiger partial charge in [0.25, 0.3) is 0 Å². The molecule has 1 unspecified atom stereocenters. The average Bonchev–Trinajstić information content (AvgIpc) is 1.30. The summed E-state index contributed by atoms with van der Waals surface area (Å²) in [5.74, 6) is 0. The SMILES string of the molecule is CCOP([O-])(=S)[S-].[Na+].[Na+]. The predicted octanol–water partition coefficient (Wildman–Crippen LogP) is -5.84. The van der Waals surface area contributed by atoms with Crippen LogP contribution < -0.4 is 64.0 Å². The molecule has 0 saturated carbocycles. The first-order valence-corrected chi connectivity index (χ1v) is 5.38. The Bertz CT molecular complexity index is 94.6. The molecule has 9 heavy (non-hydrogen) atoms. The Labute approximate surface area is 110 Å². The molecule has 0 spiro atoms. The number of hydrogen-bond donors (Lipinski definition) is 0. The Morgan fingerprint density at radius 1 is 1.67 bits per heavy atom. The van der Waals surface area contributed by atoms with E-state index in [1.165, 1.54) is 0 Å². The van der Waals surface area contributed by atoms with Gasteiger partial charge in [-0.25, -0.2) is 0 Å². The van der Waals surface area contributed by atoms with Crippen molar-refractivity contribution < 1.29 is 68.5 Å². The van der Waals surface area contributed by atoms with Crippen molar-refractivity contribution in [1.29, 1.82) is 0 Å². The molecule has 0 aromatic rings. The molecule has 2 nitrogen and oxygen atoms in total. The van der Waals surface area contributed by atoms with Gasteiger partial charge in [-0.1, -0.05) is 0 Å². The van der Waals surface area contributed by atoms with Gasteiger partial charge in [0.1, 0.15) is 0 Å². The van der Waals surface area contributed by atoms with Gasteiger partial charge in [-0.05, 0) is 6.92 Å². The molecule has 0 saturated heterocycles. The Balaban J connectivity index is -0.000000180. The number of hydrogen-bond acceptors (Lipinski definition) is 4. The van der Waals surface area contributed by atoms with Crippen LogP contribution in [0.15, 0.2) is 0 Å². The van der Waals surface area contributed by atoms with E-state index in [9.17, 15) is 4.89 Å². The summed E-state index contributed by atoms with van der Waals surface area (Å²) in [5, 5.41) is 0. The van der Waals surface area contributed by atoms with Crippen molar-refractivity contribution in [3.05, 3.63) is 0 Å². The van der Waals surface area contributed by atoms with Crippen LogP contribution in [0.4, 0.5) is 0 Å². The maximum Gasteiger partial charge on any atom is 1.00 e. The van der Waals surface area contributed by atoms with Crippen LogP contribution in [0.3, 0.4) is 0 Å².